The summed E-state index contributed by atoms with van der Waals surface area (Å²) in [5, 5.41) is 55.7. The van der Waals surface area contributed by atoms with Gasteiger partial charge in [0.1, 0.15) is 42.7 Å². The summed E-state index contributed by atoms with van der Waals surface area (Å²) in [5.41, 5.74) is 0. The summed E-state index contributed by atoms with van der Waals surface area (Å²) in [6.45, 7) is 4.36. The number of ether oxygens (including phenoxy) is 12. The molecule has 0 aliphatic carbocycles. The van der Waals surface area contributed by atoms with E-state index in [1.165, 1.54) is 27.7 Å². The van der Waals surface area contributed by atoms with Crippen molar-refractivity contribution in [3.8, 4) is 0 Å². The fourth-order valence-electron chi connectivity index (χ4n) is 8.91. The van der Waals surface area contributed by atoms with Gasteiger partial charge in [0.05, 0.1) is 49.2 Å². The summed E-state index contributed by atoms with van der Waals surface area (Å²) in [4.78, 5) is 23.5. The van der Waals surface area contributed by atoms with Gasteiger partial charge >= 0.3 is 41.3 Å². The molecule has 10 unspecified atom stereocenters. The monoisotopic (exact) mass is 1160 g/mol. The number of carbonyl (C=O) groups is 2. The number of rotatable bonds is 24. The van der Waals surface area contributed by atoms with Gasteiger partial charge in [0, 0.05) is 18.9 Å². The first-order valence-electron chi connectivity index (χ1n) is 22.2. The molecule has 5 fully saturated rings. The molecule has 35 nitrogen and oxygen atoms in total. The average Bonchev–Trinajstić information content (AvgIpc) is 3.29. The number of hydrogen-bond donors (Lipinski definition) is 12. The lowest BCUT2D eigenvalue weighted by molar-refractivity contribution is -0.395. The number of aliphatic hydroxyl groups is 5. The third-order valence-corrected chi connectivity index (χ3v) is 14.7. The van der Waals surface area contributed by atoms with E-state index in [0.717, 1.165) is 7.11 Å². The third kappa shape index (κ3) is 16.2. The topological polar surface area (TPSA) is 509 Å². The minimum absolute atomic E-state index is 0.00338. The molecule has 0 spiro atoms. The highest BCUT2D eigenvalue weighted by molar-refractivity contribution is 7.84. The van der Waals surface area contributed by atoms with Crippen molar-refractivity contribution in [1.29, 1.82) is 0 Å². The predicted octanol–water partition coefficient (Wildman–Crippen LogP) is -6.55. The fourth-order valence-corrected chi connectivity index (χ4v) is 11.1. The van der Waals surface area contributed by atoms with Crippen LogP contribution in [-0.2, 0) is 112 Å². The Balaban J connectivity index is 1.37. The maximum atomic E-state index is 12.5. The second kappa shape index (κ2) is 25.7. The van der Waals surface area contributed by atoms with Gasteiger partial charge in [-0.1, -0.05) is 27.7 Å². The van der Waals surface area contributed by atoms with Crippen LogP contribution >= 0.6 is 0 Å². The number of aliphatic hydroxyl groups excluding tert-OH is 5. The zero-order valence-electron chi connectivity index (χ0n) is 39.4. The Morgan fingerprint density at radius 2 is 1.00 bits per heavy atom. The Morgan fingerprint density at radius 3 is 1.51 bits per heavy atom. The van der Waals surface area contributed by atoms with E-state index in [1.807, 2.05) is 9.44 Å². The molecular weight excluding hydrogens is 1100 g/mol. The standard InChI is InChI=1S/C35H61N3O32S4/c1-6-15-22(42)23(43)20(38-73(52,53)54)32(62-15)68-28-24(44)25(45)33(70-35(28)60-11-40)66-26-12(3)19(37-72(49,50)51)31(63-16(26)7-2)67-27-21(41)13(4)29(69-34(27)59-10-39)64-17-8-14(36-71(46,47)48)30(58-5)65-18(17)9-61-74(55,56)57/h10-38,41-45H,6-9H2,1-5H3,(H,46,47,48)(H,49,50,51)(H,52,53,54)(H,55,56,57)/t12-,13?,14?,15?,16?,17+,18?,19?,20?,21+,22-,23-,24-,25?,26+,27+,28+,29-,30-,31+,32+,33-,34?,35?/m1/s1. The van der Waals surface area contributed by atoms with Crippen molar-refractivity contribution in [3.05, 3.63) is 0 Å². The molecule has 0 aromatic heterocycles. The van der Waals surface area contributed by atoms with Crippen LogP contribution in [0.5, 0.6) is 0 Å². The highest BCUT2D eigenvalue weighted by Gasteiger charge is 2.57. The molecule has 5 aliphatic rings. The van der Waals surface area contributed by atoms with E-state index < -0.39 is 202 Å². The third-order valence-electron chi connectivity index (χ3n) is 12.5. The lowest BCUT2D eigenvalue weighted by Gasteiger charge is -2.50. The minimum atomic E-state index is -5.22. The lowest BCUT2D eigenvalue weighted by atomic mass is 9.87. The number of carbonyl (C=O) groups excluding carboxylic acids is 2. The normalized spacial score (nSPS) is 42.8. The molecule has 432 valence electrons. The average molecular weight is 1160 g/mol. The van der Waals surface area contributed by atoms with Crippen LogP contribution in [0.1, 0.15) is 47.0 Å². The van der Waals surface area contributed by atoms with Gasteiger partial charge in [-0.25, -0.2) is 4.18 Å². The molecule has 12 N–H and O–H groups in total. The van der Waals surface area contributed by atoms with Crippen LogP contribution in [0.3, 0.4) is 0 Å². The van der Waals surface area contributed by atoms with E-state index in [1.54, 1.807) is 4.72 Å². The molecule has 5 aliphatic heterocycles. The zero-order chi connectivity index (χ0) is 55.4. The van der Waals surface area contributed by atoms with Crippen molar-refractivity contribution in [3.63, 3.8) is 0 Å². The Bertz CT molecular complexity index is 2310. The van der Waals surface area contributed by atoms with Crippen molar-refractivity contribution in [2.75, 3.05) is 13.7 Å². The van der Waals surface area contributed by atoms with Crippen molar-refractivity contribution in [1.82, 2.24) is 14.2 Å². The molecule has 74 heavy (non-hydrogen) atoms. The first-order chi connectivity index (χ1) is 34.3. The number of hydrogen-bond acceptors (Lipinski definition) is 28. The summed E-state index contributed by atoms with van der Waals surface area (Å²) in [7, 11) is -19.3. The molecule has 0 aromatic rings. The van der Waals surface area contributed by atoms with Crippen LogP contribution in [0.4, 0.5) is 0 Å². The quantitative estimate of drug-likeness (QED) is 0.0316. The summed E-state index contributed by atoms with van der Waals surface area (Å²) in [6.07, 6.45) is -34.5. The van der Waals surface area contributed by atoms with Gasteiger partial charge in [-0.3, -0.25) is 27.8 Å². The maximum absolute atomic E-state index is 12.5. The van der Waals surface area contributed by atoms with Gasteiger partial charge in [-0.2, -0.15) is 47.8 Å². The van der Waals surface area contributed by atoms with E-state index in [9.17, 15) is 87.0 Å². The molecule has 5 heterocycles. The highest BCUT2D eigenvalue weighted by atomic mass is 32.3. The Hall–Kier alpha value is -2.18. The van der Waals surface area contributed by atoms with Crippen LogP contribution in [0, 0.1) is 11.8 Å². The van der Waals surface area contributed by atoms with E-state index in [4.69, 9.17) is 56.8 Å². The molecule has 0 amide bonds. The van der Waals surface area contributed by atoms with Crippen LogP contribution < -0.4 is 14.2 Å². The summed E-state index contributed by atoms with van der Waals surface area (Å²) >= 11 is 0. The lowest BCUT2D eigenvalue weighted by Crippen LogP contribution is -2.68. The van der Waals surface area contributed by atoms with Crippen molar-refractivity contribution >= 4 is 54.3 Å². The molecule has 5 rings (SSSR count). The van der Waals surface area contributed by atoms with Crippen molar-refractivity contribution in [2.24, 2.45) is 11.8 Å². The molecule has 24 atom stereocenters. The summed E-state index contributed by atoms with van der Waals surface area (Å²) in [5.74, 6) is -2.57. The first-order valence-corrected chi connectivity index (χ1v) is 27.9. The SMILES string of the molecule is CCC1O[C@@H](O[C@@H]2C(OC=O)O[C@@H](O[C@@H]3C(CC)O[C@@H](O[C@@H]4C(OC=O)O[C@@H](O[C@H]5CC(NS(=O)(=O)O)[C@H](OC)OC5COS(=O)(=O)O)C(C)[C@@H]4O)C(NS(=O)(=O)O)[C@H]3C)C(O)[C@H]2O)C(NS(=O)(=O)O)[C@@H](O)[C@@H]1O. The highest BCUT2D eigenvalue weighted by Crippen LogP contribution is 2.39. The van der Waals surface area contributed by atoms with Gasteiger partial charge in [-0.15, -0.1) is 0 Å². The van der Waals surface area contributed by atoms with Crippen LogP contribution in [0.15, 0.2) is 0 Å². The van der Waals surface area contributed by atoms with E-state index in [0.29, 0.717) is 0 Å². The predicted molar refractivity (Wildman–Crippen MR) is 231 cm³/mol. The van der Waals surface area contributed by atoms with Gasteiger partial charge in [0.15, 0.2) is 37.6 Å². The Kier molecular flexibility index (Phi) is 21.8. The number of nitrogens with one attached hydrogen (secondary N) is 3. The molecular formula is C35H61N3O32S4. The van der Waals surface area contributed by atoms with Crippen molar-refractivity contribution < 1.29 is 148 Å². The van der Waals surface area contributed by atoms with Crippen LogP contribution in [0.25, 0.3) is 0 Å². The molecule has 0 bridgehead atoms. The number of methoxy groups -OCH3 is 1. The van der Waals surface area contributed by atoms with Crippen LogP contribution in [0.2, 0.25) is 0 Å². The minimum Gasteiger partial charge on any atom is -0.435 e. The second-order valence-electron chi connectivity index (χ2n) is 17.4. The van der Waals surface area contributed by atoms with Gasteiger partial charge < -0.3 is 82.4 Å². The van der Waals surface area contributed by atoms with Gasteiger partial charge in [-0.05, 0) is 19.3 Å². The van der Waals surface area contributed by atoms with E-state index in [2.05, 4.69) is 4.18 Å². The largest absolute Gasteiger partial charge is 0.435 e. The first kappa shape index (κ1) is 62.7. The fraction of sp³-hybridized carbons (Fsp3) is 0.943. The molecule has 39 heteroatoms. The van der Waals surface area contributed by atoms with Gasteiger partial charge in [0.2, 0.25) is 12.6 Å². The van der Waals surface area contributed by atoms with E-state index in [-0.39, 0.29) is 25.8 Å². The smallest absolute Gasteiger partial charge is 0.397 e. The molecule has 0 saturated carbocycles. The molecule has 0 radical (unpaired) electrons. The Labute approximate surface area is 423 Å². The maximum Gasteiger partial charge on any atom is 0.397 e. The molecule has 5 saturated heterocycles. The molecule has 0 aromatic carbocycles. The van der Waals surface area contributed by atoms with Crippen LogP contribution in [-0.4, -0.2) is 239 Å². The van der Waals surface area contributed by atoms with Crippen molar-refractivity contribution in [2.45, 2.75) is 182 Å². The summed E-state index contributed by atoms with van der Waals surface area (Å²) in [6, 6.07) is -5.17. The zero-order valence-corrected chi connectivity index (χ0v) is 42.7. The second-order valence-corrected chi connectivity index (χ2v) is 22.1. The van der Waals surface area contributed by atoms with Gasteiger partial charge in [0.25, 0.3) is 12.9 Å². The Morgan fingerprint density at radius 1 is 0.514 bits per heavy atom. The van der Waals surface area contributed by atoms with E-state index >= 15 is 0 Å². The summed E-state index contributed by atoms with van der Waals surface area (Å²) < 4.78 is 211.